The van der Waals surface area contributed by atoms with Gasteiger partial charge in [-0.1, -0.05) is 69.6 Å². The molecule has 0 bridgehead atoms. The van der Waals surface area contributed by atoms with Gasteiger partial charge in [0.25, 0.3) is 0 Å². The number of aromatic amines is 1. The van der Waals surface area contributed by atoms with Crippen molar-refractivity contribution in [2.24, 2.45) is 21.2 Å². The van der Waals surface area contributed by atoms with Crippen molar-refractivity contribution in [2.75, 3.05) is 7.11 Å². The second-order valence-corrected chi connectivity index (χ2v) is 8.49. The molecule has 3 aromatic rings. The first kappa shape index (κ1) is 43.3. The fraction of sp³-hybridized carbons (Fsp3) is 0.265. The summed E-state index contributed by atoms with van der Waals surface area (Å²) >= 11 is 4.50. The molecule has 0 unspecified atom stereocenters. The number of aromatic nitrogens is 3. The lowest BCUT2D eigenvalue weighted by Gasteiger charge is -1.99. The third-order valence-corrected chi connectivity index (χ3v) is 4.41. The van der Waals surface area contributed by atoms with E-state index in [1.807, 2.05) is 120 Å². The van der Waals surface area contributed by atoms with Crippen molar-refractivity contribution in [3.05, 3.63) is 107 Å². The third-order valence-electron chi connectivity index (χ3n) is 4.41. The predicted molar refractivity (Wildman–Crippen MR) is 195 cm³/mol. The Hall–Kier alpha value is -4.84. The van der Waals surface area contributed by atoms with Crippen LogP contribution in [0.3, 0.4) is 0 Å². The summed E-state index contributed by atoms with van der Waals surface area (Å²) in [7, 11) is 1.39. The van der Waals surface area contributed by atoms with Gasteiger partial charge in [0.05, 0.1) is 48.0 Å². The van der Waals surface area contributed by atoms with Crippen LogP contribution >= 0.6 is 11.9 Å². The van der Waals surface area contributed by atoms with Gasteiger partial charge in [-0.25, -0.2) is 20.4 Å². The van der Waals surface area contributed by atoms with E-state index in [9.17, 15) is 0 Å². The van der Waals surface area contributed by atoms with E-state index in [2.05, 4.69) is 70.5 Å². The molecule has 0 aliphatic heterocycles. The molecule has 0 fully saturated rings. The van der Waals surface area contributed by atoms with Crippen LogP contribution < -0.4 is 16.3 Å². The summed E-state index contributed by atoms with van der Waals surface area (Å²) < 4.78 is 3.72. The number of nitrogens with two attached hydrogens (primary N) is 1. The number of allylic oxidation sites excluding steroid dienone is 3. The van der Waals surface area contributed by atoms with Gasteiger partial charge in [0.1, 0.15) is 6.21 Å². The summed E-state index contributed by atoms with van der Waals surface area (Å²) in [4.78, 5) is 16.3. The number of H-pyrrole nitrogens is 1. The van der Waals surface area contributed by atoms with Crippen molar-refractivity contribution in [3.8, 4) is 0 Å². The smallest absolute Gasteiger partial charge is 0.348 e. The quantitative estimate of drug-likeness (QED) is 0.130. The van der Waals surface area contributed by atoms with Gasteiger partial charge in [0, 0.05) is 24.4 Å². The normalized spacial score (nSPS) is 10.8. The van der Waals surface area contributed by atoms with E-state index in [0.717, 1.165) is 22.8 Å². The topological polar surface area (TPSA) is 157 Å². The summed E-state index contributed by atoms with van der Waals surface area (Å²) in [6.07, 6.45) is 17.1. The lowest BCUT2D eigenvalue weighted by molar-refractivity contribution is -0.382. The molecule has 3 heterocycles. The molecule has 0 atom stereocenters. The number of pyridine rings is 3. The van der Waals surface area contributed by atoms with E-state index in [4.69, 9.17) is 11.3 Å². The number of hydrogen-bond donors (Lipinski definition) is 3. The molecule has 0 saturated carbocycles. The van der Waals surface area contributed by atoms with E-state index < -0.39 is 0 Å². The minimum atomic E-state index is -0.0586. The molecule has 0 aromatic carbocycles. The van der Waals surface area contributed by atoms with E-state index in [1.165, 1.54) is 26.0 Å². The molecular weight excluding hydrogens is 602 g/mol. The number of nitrogens with zero attached hydrogens (tertiary/aromatic N) is 5. The Kier molecular flexibility index (Phi) is 29.7. The maximum Gasteiger partial charge on any atom is 0.348 e. The molecule has 0 aliphatic rings. The van der Waals surface area contributed by atoms with Gasteiger partial charge in [0.15, 0.2) is 0 Å². The monoisotopic (exact) mass is 650 g/mol. The van der Waals surface area contributed by atoms with Crippen molar-refractivity contribution >= 4 is 54.8 Å². The Balaban J connectivity index is 0. The molecule has 3 aromatic heterocycles. The van der Waals surface area contributed by atoms with E-state index in [1.54, 1.807) is 12.3 Å². The number of halogens is 1. The zero-order valence-electron chi connectivity index (χ0n) is 28.1. The number of nitrogens with one attached hydrogen (secondary N) is 3. The minimum absolute atomic E-state index is 0.0586. The van der Waals surface area contributed by atoms with Crippen LogP contribution in [0.2, 0.25) is 0 Å². The first-order chi connectivity index (χ1) is 22.4. The van der Waals surface area contributed by atoms with E-state index >= 15 is 0 Å². The number of amidine groups is 1. The van der Waals surface area contributed by atoms with E-state index in [-0.39, 0.29) is 6.02 Å². The average Bonchev–Trinajstić information content (AvgIpc) is 3.07. The van der Waals surface area contributed by atoms with Gasteiger partial charge < -0.3 is 10.2 Å². The van der Waals surface area contributed by atoms with Crippen LogP contribution in [-0.4, -0.2) is 41.7 Å². The fourth-order valence-electron chi connectivity index (χ4n) is 2.84. The van der Waals surface area contributed by atoms with Gasteiger partial charge in [-0.15, -0.1) is 5.10 Å². The van der Waals surface area contributed by atoms with Crippen LogP contribution in [0.25, 0.3) is 18.2 Å². The minimum Gasteiger partial charge on any atom is -0.370 e. The molecule has 0 aliphatic carbocycles. The molecule has 3 rings (SSSR count). The first-order valence-electron chi connectivity index (χ1n) is 14.7. The highest BCUT2D eigenvalue weighted by Crippen LogP contribution is 2.00. The summed E-state index contributed by atoms with van der Waals surface area (Å²) in [6, 6.07) is 16.9. The highest BCUT2D eigenvalue weighted by Gasteiger charge is 2.00. The molecule has 11 nitrogen and oxygen atoms in total. The molecule has 0 saturated heterocycles. The van der Waals surface area contributed by atoms with Crippen molar-refractivity contribution in [3.63, 3.8) is 0 Å². The Bertz CT molecular complexity index is 1390. The number of hydrazone groups is 1. The SMILES string of the molecule is C/C=C/c1cccc(C=N)n1.C/C=C\c1cccc(/C=N/N/C(=N\N=C\c2cccc(/C=C\C)[nH+]2)ON)n1.CC.CCC.COCl. The van der Waals surface area contributed by atoms with Crippen molar-refractivity contribution < 1.29 is 14.1 Å². The zero-order chi connectivity index (χ0) is 34.8. The Labute approximate surface area is 279 Å². The molecule has 5 N–H and O–H groups in total. The molecule has 0 amide bonds. The lowest BCUT2D eigenvalue weighted by atomic mass is 10.3. The first-order valence-corrected chi connectivity index (χ1v) is 15.0. The van der Waals surface area contributed by atoms with Crippen LogP contribution in [0, 0.1) is 5.41 Å². The van der Waals surface area contributed by atoms with Crippen LogP contribution in [0.15, 0.2) is 88.1 Å². The maximum absolute atomic E-state index is 6.96. The molecular formula is C34H49ClN9O2+. The second kappa shape index (κ2) is 31.6. The van der Waals surface area contributed by atoms with Gasteiger partial charge in [-0.05, 0) is 63.3 Å². The van der Waals surface area contributed by atoms with Gasteiger partial charge in [-0.3, -0.25) is 4.29 Å². The Morgan fingerprint density at radius 2 is 1.33 bits per heavy atom. The van der Waals surface area contributed by atoms with Crippen molar-refractivity contribution in [2.45, 2.75) is 54.9 Å². The molecule has 248 valence electrons. The summed E-state index contributed by atoms with van der Waals surface area (Å²) in [5.74, 6) is 5.18. The number of hydrogen-bond acceptors (Lipinski definition) is 9. The largest absolute Gasteiger partial charge is 0.370 e. The summed E-state index contributed by atoms with van der Waals surface area (Å²) in [6.45, 7) is 14.1. The molecule has 12 heteroatoms. The molecule has 0 radical (unpaired) electrons. The molecule has 0 spiro atoms. The maximum atomic E-state index is 6.96. The number of rotatable bonds is 8. The van der Waals surface area contributed by atoms with Crippen LogP contribution in [-0.2, 0) is 9.13 Å². The average molecular weight is 651 g/mol. The van der Waals surface area contributed by atoms with Crippen LogP contribution in [0.5, 0.6) is 0 Å². The summed E-state index contributed by atoms with van der Waals surface area (Å²) in [5.41, 5.74) is 7.40. The highest BCUT2D eigenvalue weighted by molar-refractivity contribution is 6.07. The Morgan fingerprint density at radius 3 is 1.85 bits per heavy atom. The van der Waals surface area contributed by atoms with Crippen LogP contribution in [0.4, 0.5) is 0 Å². The van der Waals surface area contributed by atoms with Gasteiger partial charge >= 0.3 is 6.02 Å². The third kappa shape index (κ3) is 22.7. The lowest BCUT2D eigenvalue weighted by Crippen LogP contribution is -2.24. The highest BCUT2D eigenvalue weighted by atomic mass is 35.5. The van der Waals surface area contributed by atoms with Gasteiger partial charge in [-0.2, -0.15) is 11.0 Å². The van der Waals surface area contributed by atoms with E-state index in [0.29, 0.717) is 11.4 Å². The zero-order valence-corrected chi connectivity index (χ0v) is 28.9. The van der Waals surface area contributed by atoms with Crippen molar-refractivity contribution in [1.82, 2.24) is 15.4 Å². The van der Waals surface area contributed by atoms with Crippen molar-refractivity contribution in [1.29, 1.82) is 5.41 Å². The molecule has 46 heavy (non-hydrogen) atoms. The Morgan fingerprint density at radius 1 is 0.848 bits per heavy atom. The fourth-order valence-corrected chi connectivity index (χ4v) is 2.84. The van der Waals surface area contributed by atoms with Gasteiger partial charge in [0.2, 0.25) is 11.4 Å². The standard InChI is InChI=1S/C19H21N7O.C9H10N2.C3H8.C2H6.CH3ClO/c1-3-7-15-9-5-11-17(23-15)13-21-25-19(27-20)26-22-14-18-12-6-10-16(24-18)8-4-2;1-2-4-8-5-3-6-9(7-10)11-8;1-3-2;1-2;1-3-2/h3-14H,20H2,1-2H3,(H,25,26);2-7,10H,1H3;3H2,1-2H3;1-2H3;1H3/p+1/b7-3-,8-4-,21-13+,22-14+;4-2+,10-7?;;;. The van der Waals surface area contributed by atoms with Crippen LogP contribution in [0.1, 0.15) is 89.1 Å². The second-order valence-electron chi connectivity index (χ2n) is 8.18. The summed E-state index contributed by atoms with van der Waals surface area (Å²) in [5, 5.41) is 18.7. The predicted octanol–water partition coefficient (Wildman–Crippen LogP) is 7.51.